The van der Waals surface area contributed by atoms with E-state index in [-0.39, 0.29) is 11.4 Å². The van der Waals surface area contributed by atoms with Crippen molar-refractivity contribution in [2.24, 2.45) is 5.10 Å². The van der Waals surface area contributed by atoms with Crippen LogP contribution < -0.4 is 5.43 Å². The number of anilines is 1. The van der Waals surface area contributed by atoms with Gasteiger partial charge < -0.3 is 4.42 Å². The summed E-state index contributed by atoms with van der Waals surface area (Å²) < 4.78 is 5.34. The van der Waals surface area contributed by atoms with Crippen molar-refractivity contribution >= 4 is 40.2 Å². The Morgan fingerprint density at radius 2 is 2.00 bits per heavy atom. The lowest BCUT2D eigenvalue weighted by molar-refractivity contribution is -0.393. The second-order valence-corrected chi connectivity index (χ2v) is 6.13. The molecule has 10 heteroatoms. The van der Waals surface area contributed by atoms with E-state index in [4.69, 9.17) is 4.42 Å². The summed E-state index contributed by atoms with van der Waals surface area (Å²) in [5.74, 6) is 0.458. The number of nitro groups is 2. The smallest absolute Gasteiger partial charge is 0.301 e. The average Bonchev–Trinajstić information content (AvgIpc) is 3.35. The Morgan fingerprint density at radius 1 is 1.15 bits per heavy atom. The lowest BCUT2D eigenvalue weighted by atomic mass is 10.2. The first-order valence-electron chi connectivity index (χ1n) is 7.56. The highest BCUT2D eigenvalue weighted by Gasteiger charge is 2.19. The predicted molar refractivity (Wildman–Crippen MR) is 102 cm³/mol. The highest BCUT2D eigenvalue weighted by molar-refractivity contribution is 7.10. The highest BCUT2D eigenvalue weighted by Crippen LogP contribution is 2.29. The molecule has 27 heavy (non-hydrogen) atoms. The maximum atomic E-state index is 11.2. The standard InChI is InChI=1S/C17H12N4O5S/c22-20(23)12-5-7-14(16(11-12)21(24)25)18-19-15(17-4-1-9-26-17)8-6-13-3-2-10-27-13/h1-11,18H/b8-6+,19-15?. The average molecular weight is 384 g/mol. The quantitative estimate of drug-likeness (QED) is 0.358. The molecule has 0 bridgehead atoms. The summed E-state index contributed by atoms with van der Waals surface area (Å²) in [7, 11) is 0. The molecule has 0 atom stereocenters. The van der Waals surface area contributed by atoms with Gasteiger partial charge in [-0.25, -0.2) is 0 Å². The summed E-state index contributed by atoms with van der Waals surface area (Å²) in [5.41, 5.74) is 2.20. The molecule has 3 aromatic rings. The predicted octanol–water partition coefficient (Wildman–Crippen LogP) is 4.69. The van der Waals surface area contributed by atoms with Crippen LogP contribution in [0.25, 0.3) is 6.08 Å². The number of benzene rings is 1. The van der Waals surface area contributed by atoms with Crippen LogP contribution in [0.1, 0.15) is 10.6 Å². The van der Waals surface area contributed by atoms with E-state index >= 15 is 0 Å². The molecule has 2 aromatic heterocycles. The van der Waals surface area contributed by atoms with Gasteiger partial charge in [-0.05, 0) is 41.8 Å². The zero-order chi connectivity index (χ0) is 19.2. The third kappa shape index (κ3) is 4.44. The van der Waals surface area contributed by atoms with E-state index in [1.165, 1.54) is 18.4 Å². The first-order chi connectivity index (χ1) is 13.0. The van der Waals surface area contributed by atoms with Crippen molar-refractivity contribution in [2.75, 3.05) is 5.43 Å². The van der Waals surface area contributed by atoms with E-state index in [1.807, 2.05) is 23.6 Å². The monoisotopic (exact) mass is 384 g/mol. The van der Waals surface area contributed by atoms with E-state index in [2.05, 4.69) is 10.5 Å². The Labute approximate surface area is 156 Å². The Balaban J connectivity index is 1.92. The molecule has 1 aromatic carbocycles. The van der Waals surface area contributed by atoms with Crippen LogP contribution in [-0.2, 0) is 0 Å². The largest absolute Gasteiger partial charge is 0.463 e. The zero-order valence-electron chi connectivity index (χ0n) is 13.6. The molecule has 9 nitrogen and oxygen atoms in total. The number of nitro benzene ring substituents is 2. The molecule has 0 aliphatic heterocycles. The molecule has 0 saturated heterocycles. The van der Waals surface area contributed by atoms with Gasteiger partial charge >= 0.3 is 5.69 Å². The maximum absolute atomic E-state index is 11.2. The van der Waals surface area contributed by atoms with Gasteiger partial charge in [-0.2, -0.15) is 5.10 Å². The molecule has 136 valence electrons. The minimum atomic E-state index is -0.709. The molecule has 3 rings (SSSR count). The summed E-state index contributed by atoms with van der Waals surface area (Å²) in [5, 5.41) is 28.1. The highest BCUT2D eigenvalue weighted by atomic mass is 32.1. The van der Waals surface area contributed by atoms with Crippen molar-refractivity contribution in [3.05, 3.63) is 91.0 Å². The van der Waals surface area contributed by atoms with Crippen LogP contribution in [0, 0.1) is 20.2 Å². The fourth-order valence-electron chi connectivity index (χ4n) is 2.15. The number of allylic oxidation sites excluding steroid dienone is 1. The number of hydrogen-bond donors (Lipinski definition) is 1. The van der Waals surface area contributed by atoms with Gasteiger partial charge in [0.2, 0.25) is 0 Å². The third-order valence-electron chi connectivity index (χ3n) is 3.41. The molecule has 0 spiro atoms. The van der Waals surface area contributed by atoms with E-state index < -0.39 is 15.5 Å². The molecular weight excluding hydrogens is 372 g/mol. The van der Waals surface area contributed by atoms with Crippen molar-refractivity contribution in [1.82, 2.24) is 0 Å². The van der Waals surface area contributed by atoms with E-state index in [0.29, 0.717) is 11.5 Å². The molecule has 0 aliphatic rings. The fraction of sp³-hybridized carbons (Fsp3) is 0. The van der Waals surface area contributed by atoms with Crippen molar-refractivity contribution in [3.8, 4) is 0 Å². The van der Waals surface area contributed by atoms with Gasteiger partial charge in [-0.1, -0.05) is 6.07 Å². The molecule has 0 radical (unpaired) electrons. The Bertz CT molecular complexity index is 1010. The van der Waals surface area contributed by atoms with E-state index in [1.54, 1.807) is 29.5 Å². The van der Waals surface area contributed by atoms with Gasteiger partial charge in [0.15, 0.2) is 5.76 Å². The summed E-state index contributed by atoms with van der Waals surface area (Å²) >= 11 is 1.54. The number of hydrazone groups is 1. The van der Waals surface area contributed by atoms with Crippen LogP contribution in [0.3, 0.4) is 0 Å². The Kier molecular flexibility index (Phi) is 5.38. The van der Waals surface area contributed by atoms with Gasteiger partial charge in [0, 0.05) is 10.9 Å². The SMILES string of the molecule is O=[N+]([O-])c1ccc(NN=C(/C=C/c2cccs2)c2ccco2)c([N+](=O)[O-])c1. The van der Waals surface area contributed by atoms with Crippen LogP contribution >= 0.6 is 11.3 Å². The summed E-state index contributed by atoms with van der Waals surface area (Å²) in [6.45, 7) is 0. The summed E-state index contributed by atoms with van der Waals surface area (Å²) in [6.07, 6.45) is 5.02. The first-order valence-corrected chi connectivity index (χ1v) is 8.44. The molecule has 0 saturated carbocycles. The van der Waals surface area contributed by atoms with Crippen LogP contribution in [-0.4, -0.2) is 15.6 Å². The third-order valence-corrected chi connectivity index (χ3v) is 4.25. The normalized spacial score (nSPS) is 11.6. The van der Waals surface area contributed by atoms with Crippen molar-refractivity contribution in [3.63, 3.8) is 0 Å². The topological polar surface area (TPSA) is 124 Å². The van der Waals surface area contributed by atoms with Crippen LogP contribution in [0.5, 0.6) is 0 Å². The maximum Gasteiger partial charge on any atom is 0.301 e. The minimum Gasteiger partial charge on any atom is -0.463 e. The van der Waals surface area contributed by atoms with Gasteiger partial charge in [-0.3, -0.25) is 25.7 Å². The fourth-order valence-corrected chi connectivity index (χ4v) is 2.76. The number of rotatable bonds is 7. The van der Waals surface area contributed by atoms with E-state index in [0.717, 1.165) is 10.9 Å². The van der Waals surface area contributed by atoms with Crippen molar-refractivity contribution in [1.29, 1.82) is 0 Å². The minimum absolute atomic E-state index is 0.0270. The molecule has 1 N–H and O–H groups in total. The van der Waals surface area contributed by atoms with Gasteiger partial charge in [-0.15, -0.1) is 11.3 Å². The molecular formula is C17H12N4O5S. The summed E-state index contributed by atoms with van der Waals surface area (Å²) in [6, 6.07) is 10.5. The lowest BCUT2D eigenvalue weighted by Gasteiger charge is -2.04. The second kappa shape index (κ2) is 8.06. The molecule has 0 unspecified atom stereocenters. The lowest BCUT2D eigenvalue weighted by Crippen LogP contribution is -2.02. The number of hydrogen-bond acceptors (Lipinski definition) is 8. The zero-order valence-corrected chi connectivity index (χ0v) is 14.5. The first kappa shape index (κ1) is 18.0. The molecule has 0 fully saturated rings. The van der Waals surface area contributed by atoms with Crippen molar-refractivity contribution in [2.45, 2.75) is 0 Å². The summed E-state index contributed by atoms with van der Waals surface area (Å²) in [4.78, 5) is 21.6. The number of non-ortho nitro benzene ring substituents is 1. The number of nitrogens with one attached hydrogen (secondary N) is 1. The molecule has 0 aliphatic carbocycles. The molecule has 2 heterocycles. The van der Waals surface area contributed by atoms with Crippen molar-refractivity contribution < 1.29 is 14.3 Å². The Hall–Kier alpha value is -3.79. The molecule has 0 amide bonds. The Morgan fingerprint density at radius 3 is 2.63 bits per heavy atom. The number of furan rings is 1. The van der Waals surface area contributed by atoms with E-state index in [9.17, 15) is 20.2 Å². The number of thiophene rings is 1. The number of nitrogens with zero attached hydrogens (tertiary/aromatic N) is 3. The van der Waals surface area contributed by atoms with Gasteiger partial charge in [0.1, 0.15) is 11.4 Å². The van der Waals surface area contributed by atoms with Crippen LogP contribution in [0.15, 0.2) is 69.7 Å². The van der Waals surface area contributed by atoms with Crippen LogP contribution in [0.2, 0.25) is 0 Å². The second-order valence-electron chi connectivity index (χ2n) is 5.15. The van der Waals surface area contributed by atoms with Gasteiger partial charge in [0.05, 0.1) is 22.2 Å². The van der Waals surface area contributed by atoms with Gasteiger partial charge in [0.25, 0.3) is 5.69 Å². The van der Waals surface area contributed by atoms with Crippen LogP contribution in [0.4, 0.5) is 17.1 Å².